The fourth-order valence-electron chi connectivity index (χ4n) is 4.78. The summed E-state index contributed by atoms with van der Waals surface area (Å²) in [6, 6.07) is 16.7. The van der Waals surface area contributed by atoms with Crippen molar-refractivity contribution < 1.29 is 0 Å². The molecular weight excluding hydrogens is 389 g/mol. The highest BCUT2D eigenvalue weighted by atomic mass is 35.5. The van der Waals surface area contributed by atoms with Gasteiger partial charge in [-0.3, -0.25) is 4.90 Å². The summed E-state index contributed by atoms with van der Waals surface area (Å²) in [4.78, 5) is 2.72. The molecule has 1 aliphatic heterocycles. The van der Waals surface area contributed by atoms with Crippen molar-refractivity contribution in [3.8, 4) is 0 Å². The van der Waals surface area contributed by atoms with Gasteiger partial charge in [-0.15, -0.1) is 24.8 Å². The van der Waals surface area contributed by atoms with Crippen molar-refractivity contribution in [1.29, 1.82) is 0 Å². The summed E-state index contributed by atoms with van der Waals surface area (Å²) < 4.78 is 2.45. The van der Waals surface area contributed by atoms with E-state index in [1.807, 2.05) is 0 Å². The predicted molar refractivity (Wildman–Crippen MR) is 124 cm³/mol. The van der Waals surface area contributed by atoms with Crippen LogP contribution < -0.4 is 5.32 Å². The van der Waals surface area contributed by atoms with Crippen LogP contribution in [0.5, 0.6) is 0 Å². The Labute approximate surface area is 180 Å². The number of piperazine rings is 1. The number of para-hydroxylation sites is 1. The lowest BCUT2D eigenvalue weighted by Gasteiger charge is -2.35. The van der Waals surface area contributed by atoms with Crippen LogP contribution in [0.2, 0.25) is 0 Å². The zero-order chi connectivity index (χ0) is 17.5. The molecule has 1 atom stereocenters. The number of hydrogen-bond acceptors (Lipinski definition) is 2. The highest BCUT2D eigenvalue weighted by Gasteiger charge is 2.30. The highest BCUT2D eigenvalue weighted by Crippen LogP contribution is 2.41. The summed E-state index contributed by atoms with van der Waals surface area (Å²) in [5.41, 5.74) is 4.26. The first kappa shape index (κ1) is 21.4. The van der Waals surface area contributed by atoms with E-state index in [-0.39, 0.29) is 24.8 Å². The van der Waals surface area contributed by atoms with Crippen LogP contribution in [0, 0.1) is 5.92 Å². The monoisotopic (exact) mass is 419 g/mol. The van der Waals surface area contributed by atoms with E-state index >= 15 is 0 Å². The zero-order valence-corrected chi connectivity index (χ0v) is 18.2. The number of nitrogens with zero attached hydrogens (tertiary/aromatic N) is 2. The first-order valence-corrected chi connectivity index (χ1v) is 10.3. The Kier molecular flexibility index (Phi) is 6.93. The lowest BCUT2D eigenvalue weighted by molar-refractivity contribution is 0.160. The molecule has 5 rings (SSSR count). The molecular formula is C23H31Cl2N3. The topological polar surface area (TPSA) is 20.2 Å². The first-order chi connectivity index (χ1) is 12.8. The van der Waals surface area contributed by atoms with Gasteiger partial charge in [0.2, 0.25) is 0 Å². The number of rotatable bonds is 5. The van der Waals surface area contributed by atoms with E-state index in [1.54, 1.807) is 0 Å². The maximum atomic E-state index is 3.51. The molecule has 2 heterocycles. The predicted octanol–water partition coefficient (Wildman–Crippen LogP) is 5.40. The lowest BCUT2D eigenvalue weighted by Crippen LogP contribution is -2.45. The second kappa shape index (κ2) is 9.04. The van der Waals surface area contributed by atoms with Crippen molar-refractivity contribution in [2.24, 2.45) is 5.92 Å². The fraction of sp³-hybridized carbons (Fsp3) is 0.478. The van der Waals surface area contributed by atoms with E-state index in [1.165, 1.54) is 59.7 Å². The number of hydrogen-bond donors (Lipinski definition) is 1. The fourth-order valence-corrected chi connectivity index (χ4v) is 4.78. The smallest absolute Gasteiger partial charge is 0.0491 e. The van der Waals surface area contributed by atoms with Gasteiger partial charge in [0.25, 0.3) is 0 Å². The van der Waals surface area contributed by atoms with Crippen molar-refractivity contribution in [1.82, 2.24) is 14.8 Å². The Morgan fingerprint density at radius 3 is 2.39 bits per heavy atom. The van der Waals surface area contributed by atoms with Gasteiger partial charge in [-0.25, -0.2) is 0 Å². The van der Waals surface area contributed by atoms with E-state index in [0.29, 0.717) is 6.04 Å². The van der Waals surface area contributed by atoms with Crippen molar-refractivity contribution in [2.45, 2.75) is 38.8 Å². The molecule has 0 spiro atoms. The molecule has 1 saturated heterocycles. The average Bonchev–Trinajstić information content (AvgIpc) is 3.47. The summed E-state index contributed by atoms with van der Waals surface area (Å²) >= 11 is 0. The maximum absolute atomic E-state index is 3.51. The molecule has 0 bridgehead atoms. The third-order valence-corrected chi connectivity index (χ3v) is 6.34. The van der Waals surface area contributed by atoms with E-state index in [2.05, 4.69) is 64.2 Å². The van der Waals surface area contributed by atoms with Crippen molar-refractivity contribution in [2.75, 3.05) is 26.2 Å². The SMILES string of the molecule is CCn1c2ccccc2c2cc([C@@H](CC3CC3)N3CCNCC3)ccc21.Cl.Cl. The molecule has 5 heteroatoms. The normalized spacial score (nSPS) is 18.6. The Balaban J connectivity index is 0.00000112. The van der Waals surface area contributed by atoms with Gasteiger partial charge >= 0.3 is 0 Å². The number of fused-ring (bicyclic) bond motifs is 3. The third kappa shape index (κ3) is 3.91. The summed E-state index contributed by atoms with van der Waals surface area (Å²) in [5.74, 6) is 0.947. The summed E-state index contributed by atoms with van der Waals surface area (Å²) in [5, 5.41) is 6.34. The summed E-state index contributed by atoms with van der Waals surface area (Å²) in [6.45, 7) is 7.86. The van der Waals surface area contributed by atoms with Gasteiger partial charge in [0, 0.05) is 60.6 Å². The number of nitrogens with one attached hydrogen (secondary N) is 1. The van der Waals surface area contributed by atoms with E-state index in [4.69, 9.17) is 0 Å². The van der Waals surface area contributed by atoms with Gasteiger partial charge in [-0.2, -0.15) is 0 Å². The minimum atomic E-state index is 0. The largest absolute Gasteiger partial charge is 0.341 e. The molecule has 152 valence electrons. The van der Waals surface area contributed by atoms with Gasteiger partial charge in [-0.05, 0) is 43.0 Å². The summed E-state index contributed by atoms with van der Waals surface area (Å²) in [7, 11) is 0. The van der Waals surface area contributed by atoms with Crippen LogP contribution >= 0.6 is 24.8 Å². The minimum Gasteiger partial charge on any atom is -0.341 e. The minimum absolute atomic E-state index is 0. The average molecular weight is 420 g/mol. The van der Waals surface area contributed by atoms with Gasteiger partial charge in [0.05, 0.1) is 0 Å². The van der Waals surface area contributed by atoms with Crippen LogP contribution in [-0.4, -0.2) is 35.6 Å². The van der Waals surface area contributed by atoms with Crippen LogP contribution in [0.25, 0.3) is 21.8 Å². The quantitative estimate of drug-likeness (QED) is 0.596. The van der Waals surface area contributed by atoms with Crippen molar-refractivity contribution in [3.63, 3.8) is 0 Å². The molecule has 1 aromatic heterocycles. The van der Waals surface area contributed by atoms with Crippen LogP contribution in [0.4, 0.5) is 0 Å². The third-order valence-electron chi connectivity index (χ3n) is 6.34. The highest BCUT2D eigenvalue weighted by molar-refractivity contribution is 6.08. The zero-order valence-electron chi connectivity index (χ0n) is 16.6. The Morgan fingerprint density at radius 1 is 0.964 bits per heavy atom. The molecule has 1 N–H and O–H groups in total. The second-order valence-electron chi connectivity index (χ2n) is 8.02. The molecule has 2 aromatic carbocycles. The first-order valence-electron chi connectivity index (χ1n) is 10.3. The molecule has 0 unspecified atom stereocenters. The van der Waals surface area contributed by atoms with Gasteiger partial charge < -0.3 is 9.88 Å². The molecule has 1 saturated carbocycles. The Morgan fingerprint density at radius 2 is 1.68 bits per heavy atom. The van der Waals surface area contributed by atoms with Crippen molar-refractivity contribution >= 4 is 46.6 Å². The van der Waals surface area contributed by atoms with Crippen LogP contribution in [-0.2, 0) is 6.54 Å². The van der Waals surface area contributed by atoms with E-state index < -0.39 is 0 Å². The Bertz CT molecular complexity index is 926. The van der Waals surface area contributed by atoms with E-state index in [9.17, 15) is 0 Å². The molecule has 2 aliphatic rings. The van der Waals surface area contributed by atoms with Crippen LogP contribution in [0.15, 0.2) is 42.5 Å². The molecule has 3 nitrogen and oxygen atoms in total. The molecule has 28 heavy (non-hydrogen) atoms. The number of aromatic nitrogens is 1. The molecule has 0 amide bonds. The molecule has 3 aromatic rings. The summed E-state index contributed by atoms with van der Waals surface area (Å²) in [6.07, 6.45) is 4.19. The van der Waals surface area contributed by atoms with E-state index in [0.717, 1.165) is 25.6 Å². The molecule has 2 fully saturated rings. The molecule has 0 radical (unpaired) electrons. The molecule has 1 aliphatic carbocycles. The van der Waals surface area contributed by atoms with Gasteiger partial charge in [0.1, 0.15) is 0 Å². The number of benzene rings is 2. The number of aryl methyl sites for hydroxylation is 1. The number of halogens is 2. The maximum Gasteiger partial charge on any atom is 0.0491 e. The van der Waals surface area contributed by atoms with Crippen molar-refractivity contribution in [3.05, 3.63) is 48.0 Å². The lowest BCUT2D eigenvalue weighted by atomic mass is 9.97. The second-order valence-corrected chi connectivity index (χ2v) is 8.02. The Hall–Kier alpha value is -1.26. The standard InChI is InChI=1S/C23H29N3.2ClH/c1-2-26-21-6-4-3-5-19(21)20-16-18(9-10-22(20)26)23(15-17-7-8-17)25-13-11-24-12-14-25;;/h3-6,9-10,16-17,23-24H,2,7-8,11-15H2,1H3;2*1H/t23-;;/m1../s1. The van der Waals surface area contributed by atoms with Crippen LogP contribution in [0.1, 0.15) is 37.8 Å². The van der Waals surface area contributed by atoms with Gasteiger partial charge in [-0.1, -0.05) is 37.1 Å². The van der Waals surface area contributed by atoms with Crippen LogP contribution in [0.3, 0.4) is 0 Å². The van der Waals surface area contributed by atoms with Gasteiger partial charge in [0.15, 0.2) is 0 Å².